The van der Waals surface area contributed by atoms with Crippen molar-refractivity contribution in [2.45, 2.75) is 31.3 Å². The molecular formula is C6H16AlO. The highest BCUT2D eigenvalue weighted by Gasteiger charge is 1.69. The number of hydrogen-bond acceptors (Lipinski definition) is 1. The molecule has 0 heterocycles. The van der Waals surface area contributed by atoms with Gasteiger partial charge in [-0.05, 0) is 6.42 Å². The average molecular weight is 131 g/mol. The summed E-state index contributed by atoms with van der Waals surface area (Å²) in [6.07, 6.45) is 2.04. The first-order valence-corrected chi connectivity index (χ1v) is 5.49. The molecule has 0 aromatic rings. The Morgan fingerprint density at radius 3 is 1.75 bits per heavy atom. The minimum absolute atomic E-state index is 0.344. The first-order valence-electron chi connectivity index (χ1n) is 3.18. The first kappa shape index (κ1) is 11.3. The van der Waals surface area contributed by atoms with Crippen LogP contribution in [0.5, 0.6) is 0 Å². The van der Waals surface area contributed by atoms with Crippen molar-refractivity contribution in [3.8, 4) is 0 Å². The van der Waals surface area contributed by atoms with Crippen molar-refractivity contribution < 1.29 is 5.11 Å². The predicted molar refractivity (Wildman–Crippen MR) is 39.5 cm³/mol. The maximum absolute atomic E-state index is 8.07. The normalized spacial score (nSPS) is 7.00. The third-order valence-electron chi connectivity index (χ3n) is 0.512. The van der Waals surface area contributed by atoms with E-state index in [-0.39, 0.29) is 0 Å². The maximum atomic E-state index is 8.07. The zero-order valence-electron chi connectivity index (χ0n) is 6.15. The van der Waals surface area contributed by atoms with Crippen LogP contribution < -0.4 is 0 Å². The van der Waals surface area contributed by atoms with E-state index in [1.165, 1.54) is 0 Å². The zero-order valence-corrected chi connectivity index (χ0v) is 7.30. The van der Waals surface area contributed by atoms with E-state index in [4.69, 9.17) is 5.11 Å². The van der Waals surface area contributed by atoms with Crippen LogP contribution in [0.25, 0.3) is 0 Å². The molecule has 0 amide bonds. The van der Waals surface area contributed by atoms with Crippen LogP contribution in [0, 0.1) is 0 Å². The molecule has 0 aliphatic heterocycles. The summed E-state index contributed by atoms with van der Waals surface area (Å²) < 4.78 is 0. The Hall–Kier alpha value is 0.492. The molecule has 1 radical (unpaired) electrons. The molecule has 8 heavy (non-hydrogen) atoms. The van der Waals surface area contributed by atoms with Gasteiger partial charge >= 0.3 is 0 Å². The van der Waals surface area contributed by atoms with Crippen LogP contribution in [0.3, 0.4) is 0 Å². The largest absolute Gasteiger partial charge is 0.396 e. The standard InChI is InChI=1S/C4H10O.2CH3.Al/c1-2-3-4-5;;;/h5H,2-4H2,1H3;2*1H3;. The Balaban J connectivity index is 0. The molecule has 0 bridgehead atoms. The number of aliphatic hydroxyl groups excluding tert-OH is 1. The van der Waals surface area contributed by atoms with Crippen molar-refractivity contribution >= 4 is 15.2 Å². The van der Waals surface area contributed by atoms with Crippen molar-refractivity contribution in [2.24, 2.45) is 0 Å². The maximum Gasteiger partial charge on any atom is 0.191 e. The van der Waals surface area contributed by atoms with Gasteiger partial charge in [0.2, 0.25) is 0 Å². The fourth-order valence-corrected chi connectivity index (χ4v) is 0.158. The van der Waals surface area contributed by atoms with Crippen molar-refractivity contribution in [3.05, 3.63) is 0 Å². The van der Waals surface area contributed by atoms with Gasteiger partial charge in [-0.15, -0.1) is 11.6 Å². The lowest BCUT2D eigenvalue weighted by atomic mass is 10.4. The number of aliphatic hydroxyl groups is 1. The third kappa shape index (κ3) is 31.5. The summed E-state index contributed by atoms with van der Waals surface area (Å²) >= 11 is 0.750. The summed E-state index contributed by atoms with van der Waals surface area (Å²) in [6, 6.07) is 0. The van der Waals surface area contributed by atoms with Gasteiger partial charge < -0.3 is 5.11 Å². The van der Waals surface area contributed by atoms with Crippen molar-refractivity contribution in [3.63, 3.8) is 0 Å². The molecule has 2 heteroatoms. The van der Waals surface area contributed by atoms with Crippen LogP contribution in [0.2, 0.25) is 11.6 Å². The van der Waals surface area contributed by atoms with E-state index in [0.29, 0.717) is 6.61 Å². The van der Waals surface area contributed by atoms with E-state index >= 15 is 0 Å². The lowest BCUT2D eigenvalue weighted by Gasteiger charge is -1.79. The van der Waals surface area contributed by atoms with Gasteiger partial charge in [0.25, 0.3) is 0 Å². The SMILES string of the molecule is CCCCO.[CH3][Al][CH3]. The topological polar surface area (TPSA) is 20.2 Å². The minimum Gasteiger partial charge on any atom is -0.396 e. The number of hydrogen-bond donors (Lipinski definition) is 1. The van der Waals surface area contributed by atoms with Gasteiger partial charge in [0.05, 0.1) is 0 Å². The molecule has 0 atom stereocenters. The first-order chi connectivity index (χ1) is 3.83. The van der Waals surface area contributed by atoms with Gasteiger partial charge in [0.1, 0.15) is 0 Å². The summed E-state index contributed by atoms with van der Waals surface area (Å²) in [6.45, 7) is 2.40. The molecule has 0 fully saturated rings. The molecule has 0 rings (SSSR count). The Kier molecular flexibility index (Phi) is 22.1. The fraction of sp³-hybridized carbons (Fsp3) is 1.00. The van der Waals surface area contributed by atoms with Crippen LogP contribution in [0.15, 0.2) is 0 Å². The van der Waals surface area contributed by atoms with Gasteiger partial charge in [0, 0.05) is 6.61 Å². The average Bonchev–Trinajstić information content (AvgIpc) is 1.71. The molecular weight excluding hydrogens is 115 g/mol. The Labute approximate surface area is 58.8 Å². The van der Waals surface area contributed by atoms with E-state index in [0.717, 1.165) is 28.1 Å². The monoisotopic (exact) mass is 131 g/mol. The van der Waals surface area contributed by atoms with Crippen molar-refractivity contribution in [1.82, 2.24) is 0 Å². The second kappa shape index (κ2) is 15.6. The van der Waals surface area contributed by atoms with Crippen LogP contribution in [-0.4, -0.2) is 26.9 Å². The quantitative estimate of drug-likeness (QED) is 0.564. The van der Waals surface area contributed by atoms with Crippen LogP contribution in [0.4, 0.5) is 0 Å². The molecule has 0 saturated carbocycles. The van der Waals surface area contributed by atoms with Gasteiger partial charge in [0.15, 0.2) is 15.2 Å². The molecule has 0 aliphatic carbocycles. The van der Waals surface area contributed by atoms with Crippen LogP contribution in [0.1, 0.15) is 19.8 Å². The van der Waals surface area contributed by atoms with E-state index in [1.54, 1.807) is 0 Å². The van der Waals surface area contributed by atoms with Crippen molar-refractivity contribution in [1.29, 1.82) is 0 Å². The smallest absolute Gasteiger partial charge is 0.191 e. The Morgan fingerprint density at radius 1 is 1.38 bits per heavy atom. The van der Waals surface area contributed by atoms with E-state index in [1.807, 2.05) is 0 Å². The van der Waals surface area contributed by atoms with E-state index in [2.05, 4.69) is 18.5 Å². The van der Waals surface area contributed by atoms with Gasteiger partial charge in [-0.1, -0.05) is 13.3 Å². The summed E-state index contributed by atoms with van der Waals surface area (Å²) in [5, 5.41) is 8.07. The molecule has 49 valence electrons. The summed E-state index contributed by atoms with van der Waals surface area (Å²) in [7, 11) is 0. The van der Waals surface area contributed by atoms with Gasteiger partial charge in [-0.2, -0.15) is 0 Å². The molecule has 0 unspecified atom stereocenters. The van der Waals surface area contributed by atoms with Gasteiger partial charge in [-0.25, -0.2) is 0 Å². The summed E-state index contributed by atoms with van der Waals surface area (Å²) in [5.74, 6) is 4.42. The number of unbranched alkanes of at least 4 members (excludes halogenated alkanes) is 1. The molecule has 0 saturated heterocycles. The second-order valence-electron chi connectivity index (χ2n) is 1.65. The molecule has 0 aliphatic rings. The molecule has 1 nitrogen and oxygen atoms in total. The van der Waals surface area contributed by atoms with Crippen LogP contribution >= 0.6 is 0 Å². The zero-order chi connectivity index (χ0) is 6.83. The third-order valence-corrected chi connectivity index (χ3v) is 0.512. The van der Waals surface area contributed by atoms with Gasteiger partial charge in [-0.3, -0.25) is 0 Å². The second-order valence-corrected chi connectivity index (χ2v) is 2.81. The molecule has 0 aromatic carbocycles. The summed E-state index contributed by atoms with van der Waals surface area (Å²) in [5.41, 5.74) is 0. The Morgan fingerprint density at radius 2 is 1.75 bits per heavy atom. The van der Waals surface area contributed by atoms with E-state index < -0.39 is 0 Å². The highest BCUT2D eigenvalue weighted by Crippen LogP contribution is 1.78. The van der Waals surface area contributed by atoms with E-state index in [9.17, 15) is 0 Å². The molecule has 0 aromatic heterocycles. The Bertz CT molecular complexity index is 22.5. The van der Waals surface area contributed by atoms with Crippen molar-refractivity contribution in [2.75, 3.05) is 6.61 Å². The summed E-state index contributed by atoms with van der Waals surface area (Å²) in [4.78, 5) is 0. The lowest BCUT2D eigenvalue weighted by molar-refractivity contribution is 0.287. The fourth-order valence-electron chi connectivity index (χ4n) is 0.158. The minimum atomic E-state index is 0.344. The molecule has 1 N–H and O–H groups in total. The number of rotatable bonds is 2. The molecule has 0 spiro atoms. The highest BCUT2D eigenvalue weighted by molar-refractivity contribution is 6.31. The van der Waals surface area contributed by atoms with Crippen LogP contribution in [-0.2, 0) is 0 Å². The lowest BCUT2D eigenvalue weighted by Crippen LogP contribution is -1.75. The predicted octanol–water partition coefficient (Wildman–Crippen LogP) is 1.57. The highest BCUT2D eigenvalue weighted by atomic mass is 27.1.